The standard InChI is InChI=1S/C17H16BrNO2/c18-13-1-2-14-12(7-13)3-5-17(14)8-15(17)16(20)19-9-11-4-6-21-10-11/h1-2,4,6-7,10,15H,3,5,8-9H2,(H,19,20). The molecule has 2 aromatic rings. The Labute approximate surface area is 131 Å². The molecule has 1 saturated carbocycles. The topological polar surface area (TPSA) is 42.2 Å². The summed E-state index contributed by atoms with van der Waals surface area (Å²) in [6.45, 7) is 0.551. The van der Waals surface area contributed by atoms with Crippen LogP contribution in [0.3, 0.4) is 0 Å². The van der Waals surface area contributed by atoms with Crippen LogP contribution in [0.2, 0.25) is 0 Å². The van der Waals surface area contributed by atoms with Gasteiger partial charge >= 0.3 is 0 Å². The Morgan fingerprint density at radius 2 is 2.33 bits per heavy atom. The van der Waals surface area contributed by atoms with E-state index in [9.17, 15) is 4.79 Å². The van der Waals surface area contributed by atoms with E-state index in [2.05, 4.69) is 39.4 Å². The lowest BCUT2D eigenvalue weighted by atomic mass is 9.95. The van der Waals surface area contributed by atoms with Crippen LogP contribution in [0.25, 0.3) is 0 Å². The van der Waals surface area contributed by atoms with E-state index < -0.39 is 0 Å². The van der Waals surface area contributed by atoms with Crippen LogP contribution in [-0.2, 0) is 23.2 Å². The van der Waals surface area contributed by atoms with E-state index in [1.54, 1.807) is 12.5 Å². The molecule has 2 aliphatic carbocycles. The van der Waals surface area contributed by atoms with Gasteiger partial charge in [-0.05, 0) is 48.6 Å². The predicted octanol–water partition coefficient (Wildman–Crippen LogP) is 3.56. The highest BCUT2D eigenvalue weighted by atomic mass is 79.9. The van der Waals surface area contributed by atoms with Crippen LogP contribution in [-0.4, -0.2) is 5.91 Å². The van der Waals surface area contributed by atoms with Gasteiger partial charge in [-0.1, -0.05) is 22.0 Å². The molecule has 1 aromatic heterocycles. The molecule has 3 nitrogen and oxygen atoms in total. The zero-order chi connectivity index (χ0) is 14.4. The summed E-state index contributed by atoms with van der Waals surface area (Å²) in [4.78, 5) is 12.4. The minimum Gasteiger partial charge on any atom is -0.472 e. The average Bonchev–Trinajstić information content (AvgIpc) is 2.83. The quantitative estimate of drug-likeness (QED) is 0.923. The number of carbonyl (C=O) groups excluding carboxylic acids is 1. The third-order valence-electron chi connectivity index (χ3n) is 4.88. The Bertz CT molecular complexity index is 695. The number of halogens is 1. The molecule has 1 N–H and O–H groups in total. The van der Waals surface area contributed by atoms with Gasteiger partial charge < -0.3 is 9.73 Å². The second-order valence-electron chi connectivity index (χ2n) is 6.06. The van der Waals surface area contributed by atoms with Crippen LogP contribution in [0, 0.1) is 5.92 Å². The molecule has 2 aliphatic rings. The van der Waals surface area contributed by atoms with Gasteiger partial charge in [-0.15, -0.1) is 0 Å². The SMILES string of the molecule is O=C(NCc1ccoc1)C1CC12CCc1cc(Br)ccc12. The first-order valence-corrected chi connectivity index (χ1v) is 8.06. The van der Waals surface area contributed by atoms with Crippen molar-refractivity contribution in [3.8, 4) is 0 Å². The number of furan rings is 1. The first kappa shape index (κ1) is 13.1. The number of amides is 1. The zero-order valence-electron chi connectivity index (χ0n) is 11.6. The van der Waals surface area contributed by atoms with E-state index in [-0.39, 0.29) is 17.2 Å². The molecule has 1 amide bonds. The molecular formula is C17H16BrNO2. The summed E-state index contributed by atoms with van der Waals surface area (Å²) in [6, 6.07) is 8.36. The highest BCUT2D eigenvalue weighted by Crippen LogP contribution is 2.61. The third-order valence-corrected chi connectivity index (χ3v) is 5.38. The largest absolute Gasteiger partial charge is 0.472 e. The summed E-state index contributed by atoms with van der Waals surface area (Å²) in [6.07, 6.45) is 6.47. The lowest BCUT2D eigenvalue weighted by Crippen LogP contribution is -2.27. The van der Waals surface area contributed by atoms with Gasteiger partial charge in [0.15, 0.2) is 0 Å². The van der Waals surface area contributed by atoms with Gasteiger partial charge in [0, 0.05) is 27.9 Å². The number of hydrogen-bond acceptors (Lipinski definition) is 2. The third kappa shape index (κ3) is 2.13. The minimum atomic E-state index is 0.108. The molecule has 2 unspecified atom stereocenters. The van der Waals surface area contributed by atoms with E-state index in [4.69, 9.17) is 4.42 Å². The predicted molar refractivity (Wildman–Crippen MR) is 82.8 cm³/mol. The highest BCUT2D eigenvalue weighted by molar-refractivity contribution is 9.10. The molecule has 1 fully saturated rings. The van der Waals surface area contributed by atoms with E-state index in [0.29, 0.717) is 6.54 Å². The number of rotatable bonds is 3. The number of benzene rings is 1. The molecule has 21 heavy (non-hydrogen) atoms. The fourth-order valence-electron chi connectivity index (χ4n) is 3.68. The molecule has 0 bridgehead atoms. The van der Waals surface area contributed by atoms with Gasteiger partial charge in [0.05, 0.1) is 12.5 Å². The summed E-state index contributed by atoms with van der Waals surface area (Å²) in [5.74, 6) is 0.304. The summed E-state index contributed by atoms with van der Waals surface area (Å²) < 4.78 is 6.14. The van der Waals surface area contributed by atoms with Crippen LogP contribution in [0.5, 0.6) is 0 Å². The number of fused-ring (bicyclic) bond motifs is 2. The Morgan fingerprint density at radius 1 is 1.43 bits per heavy atom. The molecule has 0 aliphatic heterocycles. The fourth-order valence-corrected chi connectivity index (χ4v) is 4.08. The molecule has 4 rings (SSSR count). The van der Waals surface area contributed by atoms with Gasteiger partial charge in [0.25, 0.3) is 0 Å². The van der Waals surface area contributed by atoms with Crippen molar-refractivity contribution < 1.29 is 9.21 Å². The van der Waals surface area contributed by atoms with Gasteiger partial charge in [0.1, 0.15) is 0 Å². The molecule has 108 valence electrons. The van der Waals surface area contributed by atoms with Crippen molar-refractivity contribution in [3.05, 3.63) is 58.0 Å². The molecule has 4 heteroatoms. The maximum atomic E-state index is 12.4. The number of nitrogens with one attached hydrogen (secondary N) is 1. The Hall–Kier alpha value is -1.55. The molecule has 0 saturated heterocycles. The van der Waals surface area contributed by atoms with Crippen molar-refractivity contribution in [2.24, 2.45) is 5.92 Å². The Kier molecular flexibility index (Phi) is 2.96. The molecule has 1 spiro atoms. The molecule has 1 heterocycles. The summed E-state index contributed by atoms with van der Waals surface area (Å²) in [5.41, 5.74) is 3.90. The van der Waals surface area contributed by atoms with Crippen molar-refractivity contribution in [2.75, 3.05) is 0 Å². The minimum absolute atomic E-state index is 0.108. The van der Waals surface area contributed by atoms with Crippen molar-refractivity contribution in [1.82, 2.24) is 5.32 Å². The maximum absolute atomic E-state index is 12.4. The zero-order valence-corrected chi connectivity index (χ0v) is 13.2. The second kappa shape index (κ2) is 4.73. The summed E-state index contributed by atoms with van der Waals surface area (Å²) in [5, 5.41) is 3.03. The van der Waals surface area contributed by atoms with Crippen molar-refractivity contribution >= 4 is 21.8 Å². The van der Waals surface area contributed by atoms with Gasteiger partial charge in [-0.25, -0.2) is 0 Å². The fraction of sp³-hybridized carbons (Fsp3) is 0.353. The highest BCUT2D eigenvalue weighted by Gasteiger charge is 2.61. The summed E-state index contributed by atoms with van der Waals surface area (Å²) in [7, 11) is 0. The molecular weight excluding hydrogens is 330 g/mol. The average molecular weight is 346 g/mol. The van der Waals surface area contributed by atoms with E-state index in [1.165, 1.54) is 11.1 Å². The van der Waals surface area contributed by atoms with Crippen LogP contribution < -0.4 is 5.32 Å². The maximum Gasteiger partial charge on any atom is 0.224 e. The van der Waals surface area contributed by atoms with Crippen LogP contribution in [0.4, 0.5) is 0 Å². The van der Waals surface area contributed by atoms with Gasteiger partial charge in [0.2, 0.25) is 5.91 Å². The first-order valence-electron chi connectivity index (χ1n) is 7.27. The van der Waals surface area contributed by atoms with Gasteiger partial charge in [-0.3, -0.25) is 4.79 Å². The molecule has 0 radical (unpaired) electrons. The normalized spacial score (nSPS) is 25.9. The smallest absolute Gasteiger partial charge is 0.224 e. The van der Waals surface area contributed by atoms with Crippen LogP contribution >= 0.6 is 15.9 Å². The van der Waals surface area contributed by atoms with Crippen LogP contribution in [0.1, 0.15) is 29.5 Å². The second-order valence-corrected chi connectivity index (χ2v) is 6.98. The Balaban J connectivity index is 1.47. The lowest BCUT2D eigenvalue weighted by Gasteiger charge is -2.11. The molecule has 2 atom stereocenters. The number of aryl methyl sites for hydroxylation is 1. The molecule has 1 aromatic carbocycles. The Morgan fingerprint density at radius 3 is 3.14 bits per heavy atom. The lowest BCUT2D eigenvalue weighted by molar-refractivity contribution is -0.122. The number of hydrogen-bond donors (Lipinski definition) is 1. The first-order chi connectivity index (χ1) is 10.2. The van der Waals surface area contributed by atoms with E-state index in [1.807, 2.05) is 6.07 Å². The summed E-state index contributed by atoms with van der Waals surface area (Å²) >= 11 is 3.53. The van der Waals surface area contributed by atoms with E-state index >= 15 is 0 Å². The van der Waals surface area contributed by atoms with Crippen molar-refractivity contribution in [3.63, 3.8) is 0 Å². The van der Waals surface area contributed by atoms with Crippen molar-refractivity contribution in [2.45, 2.75) is 31.2 Å². The van der Waals surface area contributed by atoms with Crippen LogP contribution in [0.15, 0.2) is 45.7 Å². The van der Waals surface area contributed by atoms with Crippen molar-refractivity contribution in [1.29, 1.82) is 0 Å². The number of carbonyl (C=O) groups is 1. The van der Waals surface area contributed by atoms with E-state index in [0.717, 1.165) is 29.3 Å². The monoisotopic (exact) mass is 345 g/mol. The van der Waals surface area contributed by atoms with Gasteiger partial charge in [-0.2, -0.15) is 0 Å².